The topological polar surface area (TPSA) is 120 Å². The van der Waals surface area contributed by atoms with E-state index in [0.717, 1.165) is 11.8 Å². The van der Waals surface area contributed by atoms with Crippen LogP contribution in [-0.2, 0) is 32.2 Å². The molecule has 0 bridgehead atoms. The number of aromatic nitrogens is 3. The van der Waals surface area contributed by atoms with Gasteiger partial charge in [-0.05, 0) is 24.3 Å². The zero-order valence-electron chi connectivity index (χ0n) is 16.8. The van der Waals surface area contributed by atoms with E-state index in [-0.39, 0.29) is 33.7 Å². The fourth-order valence-electron chi connectivity index (χ4n) is 2.67. The highest BCUT2D eigenvalue weighted by Crippen LogP contribution is 2.21. The number of para-hydroxylation sites is 1. The van der Waals surface area contributed by atoms with Gasteiger partial charge in [0.2, 0.25) is 5.91 Å². The quantitative estimate of drug-likeness (QED) is 0.402. The second-order valence-electron chi connectivity index (χ2n) is 6.40. The third kappa shape index (κ3) is 5.50. The van der Waals surface area contributed by atoms with Gasteiger partial charge in [0.05, 0.1) is 29.0 Å². The number of nitrogens with zero attached hydrogens (tertiary/aromatic N) is 3. The number of carbonyl (C=O) groups is 2. The average Bonchev–Trinajstić information content (AvgIpc) is 3.11. The third-order valence-corrected chi connectivity index (χ3v) is 6.93. The Kier molecular flexibility index (Phi) is 7.08. The van der Waals surface area contributed by atoms with Gasteiger partial charge in [-0.3, -0.25) is 4.79 Å². The van der Waals surface area contributed by atoms with Gasteiger partial charge in [-0.15, -0.1) is 10.2 Å². The molecule has 11 heteroatoms. The van der Waals surface area contributed by atoms with Crippen LogP contribution in [0.3, 0.4) is 0 Å². The molecule has 0 atom stereocenters. The Bertz CT molecular complexity index is 1190. The SMILES string of the molecule is COC(=O)c1ccccc1NC(=O)CSc1nnc(CS(=O)(=O)c2ccccc2)n1C. The molecule has 0 saturated heterocycles. The summed E-state index contributed by atoms with van der Waals surface area (Å²) < 4.78 is 31.4. The van der Waals surface area contributed by atoms with Crippen LogP contribution in [0.2, 0.25) is 0 Å². The van der Waals surface area contributed by atoms with Gasteiger partial charge in [0.15, 0.2) is 15.0 Å². The molecule has 0 unspecified atom stereocenters. The summed E-state index contributed by atoms with van der Waals surface area (Å²) >= 11 is 1.10. The minimum Gasteiger partial charge on any atom is -0.465 e. The van der Waals surface area contributed by atoms with Crippen LogP contribution in [-0.4, -0.2) is 47.9 Å². The molecule has 0 aliphatic carbocycles. The van der Waals surface area contributed by atoms with Crippen LogP contribution in [0.1, 0.15) is 16.2 Å². The van der Waals surface area contributed by atoms with Gasteiger partial charge in [0.25, 0.3) is 0 Å². The largest absolute Gasteiger partial charge is 0.465 e. The lowest BCUT2D eigenvalue weighted by Crippen LogP contribution is -2.17. The summed E-state index contributed by atoms with van der Waals surface area (Å²) in [6, 6.07) is 14.6. The first-order chi connectivity index (χ1) is 14.8. The first kappa shape index (κ1) is 22.5. The second kappa shape index (κ2) is 9.75. The van der Waals surface area contributed by atoms with Crippen LogP contribution < -0.4 is 5.32 Å². The fraction of sp³-hybridized carbons (Fsp3) is 0.200. The van der Waals surface area contributed by atoms with Crippen LogP contribution in [0.5, 0.6) is 0 Å². The Balaban J connectivity index is 1.64. The van der Waals surface area contributed by atoms with Crippen LogP contribution in [0.25, 0.3) is 0 Å². The minimum atomic E-state index is -3.57. The number of nitrogens with one attached hydrogen (secondary N) is 1. The molecule has 1 aromatic heterocycles. The Morgan fingerprint density at radius 1 is 1.06 bits per heavy atom. The van der Waals surface area contributed by atoms with Crippen molar-refractivity contribution < 1.29 is 22.7 Å². The van der Waals surface area contributed by atoms with Gasteiger partial charge in [-0.2, -0.15) is 0 Å². The van der Waals surface area contributed by atoms with Crippen LogP contribution >= 0.6 is 11.8 Å². The molecule has 3 aromatic rings. The summed E-state index contributed by atoms with van der Waals surface area (Å²) in [5.74, 6) is -0.959. The molecule has 0 saturated carbocycles. The van der Waals surface area contributed by atoms with Gasteiger partial charge < -0.3 is 14.6 Å². The van der Waals surface area contributed by atoms with Gasteiger partial charge in [0.1, 0.15) is 11.6 Å². The molecule has 31 heavy (non-hydrogen) atoms. The number of hydrogen-bond donors (Lipinski definition) is 1. The zero-order valence-corrected chi connectivity index (χ0v) is 18.4. The predicted octanol–water partition coefficient (Wildman–Crippen LogP) is 2.31. The highest BCUT2D eigenvalue weighted by atomic mass is 32.2. The lowest BCUT2D eigenvalue weighted by Gasteiger charge is -2.09. The van der Waals surface area contributed by atoms with E-state index < -0.39 is 15.8 Å². The van der Waals surface area contributed by atoms with Crippen molar-refractivity contribution in [3.05, 3.63) is 66.0 Å². The number of benzene rings is 2. The van der Waals surface area contributed by atoms with E-state index in [2.05, 4.69) is 15.5 Å². The number of sulfone groups is 1. The summed E-state index contributed by atoms with van der Waals surface area (Å²) in [5.41, 5.74) is 0.586. The van der Waals surface area contributed by atoms with Crippen molar-refractivity contribution in [2.75, 3.05) is 18.2 Å². The standard InChI is InChI=1S/C20H20N4O5S2/c1-24-17(13-31(27,28)14-8-4-3-5-9-14)22-23-20(24)30-12-18(25)21-16-11-7-6-10-15(16)19(26)29-2/h3-11H,12-13H2,1-2H3,(H,21,25). The minimum absolute atomic E-state index is 0.00703. The molecule has 0 spiro atoms. The number of methoxy groups -OCH3 is 1. The zero-order chi connectivity index (χ0) is 22.4. The van der Waals surface area contributed by atoms with E-state index in [1.165, 1.54) is 19.2 Å². The molecule has 9 nitrogen and oxygen atoms in total. The van der Waals surface area contributed by atoms with Crippen molar-refractivity contribution in [2.45, 2.75) is 15.8 Å². The van der Waals surface area contributed by atoms with E-state index in [9.17, 15) is 18.0 Å². The number of esters is 1. The molecule has 2 aromatic carbocycles. The number of hydrogen-bond acceptors (Lipinski definition) is 8. The Hall–Kier alpha value is -3.18. The first-order valence-electron chi connectivity index (χ1n) is 9.08. The van der Waals surface area contributed by atoms with Crippen LogP contribution in [0.15, 0.2) is 64.6 Å². The third-order valence-electron chi connectivity index (χ3n) is 4.29. The maximum Gasteiger partial charge on any atom is 0.339 e. The molecule has 3 rings (SSSR count). The molecule has 0 radical (unpaired) electrons. The van der Waals surface area contributed by atoms with E-state index in [1.807, 2.05) is 0 Å². The van der Waals surface area contributed by atoms with E-state index in [0.29, 0.717) is 10.8 Å². The molecular weight excluding hydrogens is 440 g/mol. The highest BCUT2D eigenvalue weighted by molar-refractivity contribution is 7.99. The van der Waals surface area contributed by atoms with Crippen molar-refractivity contribution in [3.8, 4) is 0 Å². The molecule has 162 valence electrons. The highest BCUT2D eigenvalue weighted by Gasteiger charge is 2.21. The van der Waals surface area contributed by atoms with Crippen molar-refractivity contribution in [1.29, 1.82) is 0 Å². The van der Waals surface area contributed by atoms with Crippen molar-refractivity contribution in [3.63, 3.8) is 0 Å². The van der Waals surface area contributed by atoms with Gasteiger partial charge in [-0.1, -0.05) is 42.1 Å². The number of ether oxygens (including phenoxy) is 1. The fourth-order valence-corrected chi connectivity index (χ4v) is 4.73. The second-order valence-corrected chi connectivity index (χ2v) is 9.34. The smallest absolute Gasteiger partial charge is 0.339 e. The summed E-state index contributed by atoms with van der Waals surface area (Å²) in [6.45, 7) is 0. The van der Waals surface area contributed by atoms with Crippen molar-refractivity contribution in [1.82, 2.24) is 14.8 Å². The maximum absolute atomic E-state index is 12.6. The number of thioether (sulfide) groups is 1. The van der Waals surface area contributed by atoms with Gasteiger partial charge in [-0.25, -0.2) is 13.2 Å². The van der Waals surface area contributed by atoms with Gasteiger partial charge in [0, 0.05) is 7.05 Å². The van der Waals surface area contributed by atoms with Crippen molar-refractivity contribution in [2.24, 2.45) is 7.05 Å². The summed E-state index contributed by atoms with van der Waals surface area (Å²) in [6.07, 6.45) is 0. The summed E-state index contributed by atoms with van der Waals surface area (Å²) in [4.78, 5) is 24.4. The monoisotopic (exact) mass is 460 g/mol. The van der Waals surface area contributed by atoms with E-state index in [4.69, 9.17) is 4.74 Å². The Morgan fingerprint density at radius 3 is 2.45 bits per heavy atom. The molecule has 1 amide bonds. The summed E-state index contributed by atoms with van der Waals surface area (Å²) in [7, 11) is -0.660. The maximum atomic E-state index is 12.6. The molecular formula is C20H20N4O5S2. The molecule has 0 fully saturated rings. The number of rotatable bonds is 8. The number of amides is 1. The van der Waals surface area contributed by atoms with E-state index >= 15 is 0 Å². The molecule has 1 N–H and O–H groups in total. The van der Waals surface area contributed by atoms with Gasteiger partial charge >= 0.3 is 5.97 Å². The first-order valence-corrected chi connectivity index (χ1v) is 11.7. The van der Waals surface area contributed by atoms with Crippen LogP contribution in [0.4, 0.5) is 5.69 Å². The predicted molar refractivity (Wildman–Crippen MR) is 115 cm³/mol. The number of carbonyl (C=O) groups excluding carboxylic acids is 2. The van der Waals surface area contributed by atoms with Crippen molar-refractivity contribution >= 4 is 39.2 Å². The normalized spacial score (nSPS) is 11.2. The summed E-state index contributed by atoms with van der Waals surface area (Å²) in [5, 5.41) is 11.0. The molecule has 0 aliphatic rings. The number of anilines is 1. The lowest BCUT2D eigenvalue weighted by molar-refractivity contribution is -0.113. The van der Waals surface area contributed by atoms with E-state index in [1.54, 1.807) is 54.1 Å². The Labute approximate surface area is 183 Å². The molecule has 0 aliphatic heterocycles. The molecule has 1 heterocycles. The van der Waals surface area contributed by atoms with Crippen LogP contribution in [0, 0.1) is 0 Å². The average molecular weight is 461 g/mol. The Morgan fingerprint density at radius 2 is 1.74 bits per heavy atom. The lowest BCUT2D eigenvalue weighted by atomic mass is 10.2.